The Morgan fingerprint density at radius 1 is 1.41 bits per heavy atom. The van der Waals surface area contributed by atoms with Crippen molar-refractivity contribution in [2.75, 3.05) is 0 Å². The molecule has 2 atom stereocenters. The molecule has 17 heavy (non-hydrogen) atoms. The molecular weight excluding hydrogens is 214 g/mol. The first kappa shape index (κ1) is 13.7. The minimum Gasteiger partial charge on any atom is -0.456 e. The fourth-order valence-electron chi connectivity index (χ4n) is 1.65. The highest BCUT2D eigenvalue weighted by atomic mass is 16.5. The number of carbonyl (C=O) groups excluding carboxylic acids is 1. The summed E-state index contributed by atoms with van der Waals surface area (Å²) >= 11 is 0. The second-order valence-electron chi connectivity index (χ2n) is 4.22. The number of hydrogen-bond acceptors (Lipinski definition) is 3. The van der Waals surface area contributed by atoms with Gasteiger partial charge in [0.05, 0.1) is 0 Å². The third kappa shape index (κ3) is 3.86. The SMILES string of the molecule is CCc1cccc(C(CC)OC(=O)[C@H](C)N)c1. The Balaban J connectivity index is 2.82. The Kier molecular flexibility index (Phi) is 5.16. The summed E-state index contributed by atoms with van der Waals surface area (Å²) in [6.45, 7) is 5.74. The molecule has 1 aromatic rings. The zero-order chi connectivity index (χ0) is 12.8. The highest BCUT2D eigenvalue weighted by Crippen LogP contribution is 2.22. The molecule has 0 radical (unpaired) electrons. The summed E-state index contributed by atoms with van der Waals surface area (Å²) in [5, 5.41) is 0. The van der Waals surface area contributed by atoms with Gasteiger partial charge in [-0.05, 0) is 30.9 Å². The highest BCUT2D eigenvalue weighted by Gasteiger charge is 2.17. The largest absolute Gasteiger partial charge is 0.456 e. The Bertz CT molecular complexity index is 374. The van der Waals surface area contributed by atoms with Gasteiger partial charge in [0.1, 0.15) is 12.1 Å². The number of ether oxygens (including phenoxy) is 1. The molecule has 0 bridgehead atoms. The van der Waals surface area contributed by atoms with Gasteiger partial charge in [0, 0.05) is 0 Å². The van der Waals surface area contributed by atoms with Crippen LogP contribution in [0.1, 0.15) is 44.4 Å². The fourth-order valence-corrected chi connectivity index (χ4v) is 1.65. The lowest BCUT2D eigenvalue weighted by molar-refractivity contribution is -0.150. The van der Waals surface area contributed by atoms with Crippen molar-refractivity contribution < 1.29 is 9.53 Å². The van der Waals surface area contributed by atoms with Gasteiger partial charge in [-0.1, -0.05) is 38.1 Å². The third-order valence-corrected chi connectivity index (χ3v) is 2.73. The van der Waals surface area contributed by atoms with Crippen molar-refractivity contribution in [3.63, 3.8) is 0 Å². The Morgan fingerprint density at radius 3 is 2.65 bits per heavy atom. The molecule has 3 nitrogen and oxygen atoms in total. The van der Waals surface area contributed by atoms with Crippen LogP contribution < -0.4 is 5.73 Å². The van der Waals surface area contributed by atoms with Crippen LogP contribution >= 0.6 is 0 Å². The lowest BCUT2D eigenvalue weighted by atomic mass is 10.0. The average Bonchev–Trinajstić information content (AvgIpc) is 2.35. The van der Waals surface area contributed by atoms with Crippen LogP contribution in [0.25, 0.3) is 0 Å². The van der Waals surface area contributed by atoms with Crippen LogP contribution in [0.15, 0.2) is 24.3 Å². The van der Waals surface area contributed by atoms with Crippen LogP contribution in [0, 0.1) is 0 Å². The number of rotatable bonds is 5. The van der Waals surface area contributed by atoms with Gasteiger partial charge in [0.25, 0.3) is 0 Å². The average molecular weight is 235 g/mol. The predicted molar refractivity (Wildman–Crippen MR) is 68.6 cm³/mol. The number of benzene rings is 1. The molecule has 0 fully saturated rings. The maximum Gasteiger partial charge on any atom is 0.323 e. The van der Waals surface area contributed by atoms with E-state index in [9.17, 15) is 4.79 Å². The van der Waals surface area contributed by atoms with E-state index >= 15 is 0 Å². The summed E-state index contributed by atoms with van der Waals surface area (Å²) in [4.78, 5) is 11.5. The molecule has 0 spiro atoms. The topological polar surface area (TPSA) is 52.3 Å². The van der Waals surface area contributed by atoms with Crippen molar-refractivity contribution in [3.8, 4) is 0 Å². The van der Waals surface area contributed by atoms with Crippen LogP contribution in [0.5, 0.6) is 0 Å². The summed E-state index contributed by atoms with van der Waals surface area (Å²) in [5.74, 6) is -0.348. The number of carbonyl (C=O) groups is 1. The van der Waals surface area contributed by atoms with Crippen molar-refractivity contribution in [1.82, 2.24) is 0 Å². The van der Waals surface area contributed by atoms with Gasteiger partial charge in [-0.25, -0.2) is 0 Å². The molecule has 0 heterocycles. The smallest absolute Gasteiger partial charge is 0.323 e. The third-order valence-electron chi connectivity index (χ3n) is 2.73. The van der Waals surface area contributed by atoms with Crippen LogP contribution in [0.3, 0.4) is 0 Å². The van der Waals surface area contributed by atoms with E-state index in [1.165, 1.54) is 5.56 Å². The molecule has 0 aliphatic heterocycles. The Labute approximate surface area is 103 Å². The lowest BCUT2D eigenvalue weighted by Gasteiger charge is -2.18. The van der Waals surface area contributed by atoms with Gasteiger partial charge in [0.15, 0.2) is 0 Å². The van der Waals surface area contributed by atoms with E-state index in [0.29, 0.717) is 0 Å². The minimum atomic E-state index is -0.571. The first-order chi connectivity index (χ1) is 8.08. The molecule has 1 rings (SSSR count). The van der Waals surface area contributed by atoms with E-state index in [-0.39, 0.29) is 12.1 Å². The molecule has 0 saturated heterocycles. The fraction of sp³-hybridized carbons (Fsp3) is 0.500. The number of esters is 1. The molecule has 1 aromatic carbocycles. The normalized spacial score (nSPS) is 14.1. The van der Waals surface area contributed by atoms with E-state index in [1.807, 2.05) is 19.1 Å². The van der Waals surface area contributed by atoms with E-state index < -0.39 is 6.04 Å². The zero-order valence-corrected chi connectivity index (χ0v) is 10.8. The maximum atomic E-state index is 11.5. The first-order valence-corrected chi connectivity index (χ1v) is 6.13. The summed E-state index contributed by atoms with van der Waals surface area (Å²) in [5.41, 5.74) is 7.79. The highest BCUT2D eigenvalue weighted by molar-refractivity contribution is 5.75. The molecule has 0 saturated carbocycles. The summed E-state index contributed by atoms with van der Waals surface area (Å²) in [6, 6.07) is 7.57. The Morgan fingerprint density at radius 2 is 2.12 bits per heavy atom. The van der Waals surface area contributed by atoms with Crippen LogP contribution in [-0.4, -0.2) is 12.0 Å². The monoisotopic (exact) mass is 235 g/mol. The summed E-state index contributed by atoms with van der Waals surface area (Å²) in [7, 11) is 0. The first-order valence-electron chi connectivity index (χ1n) is 6.13. The molecule has 0 aliphatic rings. The zero-order valence-electron chi connectivity index (χ0n) is 10.8. The second-order valence-corrected chi connectivity index (χ2v) is 4.22. The molecule has 2 N–H and O–H groups in total. The lowest BCUT2D eigenvalue weighted by Crippen LogP contribution is -2.29. The Hall–Kier alpha value is -1.35. The number of nitrogens with two attached hydrogens (primary N) is 1. The number of hydrogen-bond donors (Lipinski definition) is 1. The second kappa shape index (κ2) is 6.40. The van der Waals surface area contributed by atoms with Crippen LogP contribution in [0.2, 0.25) is 0 Å². The molecule has 3 heteroatoms. The van der Waals surface area contributed by atoms with Crippen molar-refractivity contribution in [2.24, 2.45) is 5.73 Å². The molecule has 0 aliphatic carbocycles. The van der Waals surface area contributed by atoms with Crippen LogP contribution in [0.4, 0.5) is 0 Å². The maximum absolute atomic E-state index is 11.5. The van der Waals surface area contributed by atoms with E-state index in [1.54, 1.807) is 6.92 Å². The van der Waals surface area contributed by atoms with E-state index in [2.05, 4.69) is 19.1 Å². The minimum absolute atomic E-state index is 0.194. The molecule has 94 valence electrons. The van der Waals surface area contributed by atoms with Gasteiger partial charge < -0.3 is 10.5 Å². The molecule has 1 unspecified atom stereocenters. The van der Waals surface area contributed by atoms with Crippen molar-refractivity contribution >= 4 is 5.97 Å². The van der Waals surface area contributed by atoms with Crippen molar-refractivity contribution in [2.45, 2.75) is 45.8 Å². The molecule has 0 amide bonds. The van der Waals surface area contributed by atoms with Gasteiger partial charge in [-0.15, -0.1) is 0 Å². The quantitative estimate of drug-likeness (QED) is 0.798. The number of aryl methyl sites for hydroxylation is 1. The summed E-state index contributed by atoms with van der Waals surface area (Å²) < 4.78 is 5.38. The van der Waals surface area contributed by atoms with Gasteiger partial charge in [0.2, 0.25) is 0 Å². The van der Waals surface area contributed by atoms with Gasteiger partial charge in [-0.2, -0.15) is 0 Å². The van der Waals surface area contributed by atoms with Crippen LogP contribution in [-0.2, 0) is 16.0 Å². The predicted octanol–water partition coefficient (Wildman–Crippen LogP) is 2.59. The molecule has 0 aromatic heterocycles. The summed E-state index contributed by atoms with van der Waals surface area (Å²) in [6.07, 6.45) is 1.54. The van der Waals surface area contributed by atoms with E-state index in [0.717, 1.165) is 18.4 Å². The van der Waals surface area contributed by atoms with Gasteiger partial charge >= 0.3 is 5.97 Å². The van der Waals surface area contributed by atoms with E-state index in [4.69, 9.17) is 10.5 Å². The van der Waals surface area contributed by atoms with Crippen molar-refractivity contribution in [1.29, 1.82) is 0 Å². The van der Waals surface area contributed by atoms with Gasteiger partial charge in [-0.3, -0.25) is 4.79 Å². The molecular formula is C14H21NO2. The standard InChI is InChI=1S/C14H21NO2/c1-4-11-7-6-8-12(9-11)13(5-2)17-14(16)10(3)15/h6-10,13H,4-5,15H2,1-3H3/t10-,13?/m0/s1. The van der Waals surface area contributed by atoms with Crippen molar-refractivity contribution in [3.05, 3.63) is 35.4 Å².